The van der Waals surface area contributed by atoms with Crippen LogP contribution in [0, 0.1) is 5.41 Å². The van der Waals surface area contributed by atoms with Gasteiger partial charge in [0.05, 0.1) is 0 Å². The van der Waals surface area contributed by atoms with E-state index in [-0.39, 0.29) is 23.8 Å². The number of hydrogen-bond donors (Lipinski definition) is 0. The van der Waals surface area contributed by atoms with Crippen LogP contribution in [0.1, 0.15) is 24.8 Å². The lowest BCUT2D eigenvalue weighted by Gasteiger charge is -2.38. The number of aromatic nitrogens is 4. The maximum atomic E-state index is 12.4. The number of carbonyl (C=O) groups excluding carboxylic acids is 2. The van der Waals surface area contributed by atoms with Crippen LogP contribution in [0.4, 0.5) is 0 Å². The van der Waals surface area contributed by atoms with Crippen molar-refractivity contribution in [3.63, 3.8) is 0 Å². The molecule has 0 atom stereocenters. The molecular formula is C18H22N6O2S. The van der Waals surface area contributed by atoms with Crippen LogP contribution < -0.4 is 0 Å². The molecule has 0 aliphatic carbocycles. The minimum absolute atomic E-state index is 0.0522. The van der Waals surface area contributed by atoms with E-state index in [1.807, 2.05) is 32.7 Å². The summed E-state index contributed by atoms with van der Waals surface area (Å²) in [6.07, 6.45) is 7.88. The number of hydrogen-bond acceptors (Lipinski definition) is 6. The van der Waals surface area contributed by atoms with Crippen LogP contribution in [-0.4, -0.2) is 68.0 Å². The summed E-state index contributed by atoms with van der Waals surface area (Å²) in [6, 6.07) is 2.00. The van der Waals surface area contributed by atoms with Gasteiger partial charge in [0, 0.05) is 32.3 Å². The average Bonchev–Trinajstić information content (AvgIpc) is 3.43. The Kier molecular flexibility index (Phi) is 5.02. The third-order valence-corrected chi connectivity index (χ3v) is 6.28. The van der Waals surface area contributed by atoms with Gasteiger partial charge in [-0.25, -0.2) is 4.68 Å². The standard InChI is InChI=1S/C18H22N6O2S/c25-16(2-1-15-3-10-27-12-15)22-7-4-18(5-8-22)6-9-23(13-18)17(26)11-24-14-19-20-21-24/h1-3,10,12,14H,4-9,11,13H2/b2-1+. The van der Waals surface area contributed by atoms with Crippen molar-refractivity contribution in [2.75, 3.05) is 26.2 Å². The highest BCUT2D eigenvalue weighted by molar-refractivity contribution is 7.08. The van der Waals surface area contributed by atoms with Crippen molar-refractivity contribution in [3.8, 4) is 0 Å². The molecule has 0 unspecified atom stereocenters. The molecule has 27 heavy (non-hydrogen) atoms. The van der Waals surface area contributed by atoms with Crippen LogP contribution in [0.15, 0.2) is 29.2 Å². The first-order valence-corrected chi connectivity index (χ1v) is 10.1. The number of thiophene rings is 1. The molecule has 0 bridgehead atoms. The highest BCUT2D eigenvalue weighted by Gasteiger charge is 2.42. The summed E-state index contributed by atoms with van der Waals surface area (Å²) in [5.41, 5.74) is 1.21. The molecule has 2 aliphatic heterocycles. The molecule has 142 valence electrons. The summed E-state index contributed by atoms with van der Waals surface area (Å²) in [5.74, 6) is 0.122. The van der Waals surface area contributed by atoms with E-state index in [2.05, 4.69) is 15.5 Å². The van der Waals surface area contributed by atoms with Crippen LogP contribution in [0.25, 0.3) is 6.08 Å². The SMILES string of the molecule is O=C(/C=C/c1ccsc1)N1CCC2(CC1)CCN(C(=O)Cn1cnnn1)C2. The van der Waals surface area contributed by atoms with E-state index in [9.17, 15) is 9.59 Å². The van der Waals surface area contributed by atoms with Crippen LogP contribution in [0.3, 0.4) is 0 Å². The number of nitrogens with zero attached hydrogens (tertiary/aromatic N) is 6. The molecule has 0 N–H and O–H groups in total. The van der Waals surface area contributed by atoms with Crippen molar-refractivity contribution in [1.29, 1.82) is 0 Å². The molecule has 4 rings (SSSR count). The molecule has 2 fully saturated rings. The van der Waals surface area contributed by atoms with E-state index < -0.39 is 0 Å². The van der Waals surface area contributed by atoms with E-state index in [1.54, 1.807) is 17.4 Å². The van der Waals surface area contributed by atoms with Crippen molar-refractivity contribution in [3.05, 3.63) is 34.8 Å². The molecule has 4 heterocycles. The number of carbonyl (C=O) groups is 2. The van der Waals surface area contributed by atoms with E-state index in [1.165, 1.54) is 11.0 Å². The van der Waals surface area contributed by atoms with Crippen LogP contribution in [-0.2, 0) is 16.1 Å². The molecule has 1 spiro atoms. The maximum absolute atomic E-state index is 12.4. The Bertz CT molecular complexity index is 809. The monoisotopic (exact) mass is 386 g/mol. The molecule has 2 saturated heterocycles. The number of likely N-dealkylation sites (tertiary alicyclic amines) is 2. The number of amides is 2. The van der Waals surface area contributed by atoms with E-state index in [0.29, 0.717) is 0 Å². The highest BCUT2D eigenvalue weighted by atomic mass is 32.1. The highest BCUT2D eigenvalue weighted by Crippen LogP contribution is 2.40. The molecule has 0 radical (unpaired) electrons. The Hall–Kier alpha value is -2.55. The van der Waals surface area contributed by atoms with E-state index in [0.717, 1.165) is 51.0 Å². The van der Waals surface area contributed by atoms with Gasteiger partial charge in [-0.1, -0.05) is 0 Å². The van der Waals surface area contributed by atoms with Crippen LogP contribution >= 0.6 is 11.3 Å². The Labute approximate surface area is 161 Å². The lowest BCUT2D eigenvalue weighted by atomic mass is 9.78. The summed E-state index contributed by atoms with van der Waals surface area (Å²) in [4.78, 5) is 28.7. The summed E-state index contributed by atoms with van der Waals surface area (Å²) in [6.45, 7) is 3.22. The third-order valence-electron chi connectivity index (χ3n) is 5.58. The molecule has 0 saturated carbocycles. The Balaban J connectivity index is 1.28. The minimum Gasteiger partial charge on any atom is -0.341 e. The second-order valence-electron chi connectivity index (χ2n) is 7.29. The largest absolute Gasteiger partial charge is 0.341 e. The normalized spacial score (nSPS) is 19.3. The first kappa shape index (κ1) is 17.8. The maximum Gasteiger partial charge on any atom is 0.246 e. The first-order valence-electron chi connectivity index (χ1n) is 9.11. The van der Waals surface area contributed by atoms with Crippen molar-refractivity contribution in [2.45, 2.75) is 25.8 Å². The molecular weight excluding hydrogens is 364 g/mol. The summed E-state index contributed by atoms with van der Waals surface area (Å²) in [5, 5.41) is 14.9. The van der Waals surface area contributed by atoms with Gasteiger partial charge in [-0.15, -0.1) is 5.10 Å². The molecule has 9 heteroatoms. The Morgan fingerprint density at radius 1 is 1.19 bits per heavy atom. The zero-order chi connectivity index (χ0) is 18.7. The lowest BCUT2D eigenvalue weighted by Crippen LogP contribution is -2.44. The summed E-state index contributed by atoms with van der Waals surface area (Å²) >= 11 is 1.62. The van der Waals surface area contributed by atoms with Crippen molar-refractivity contribution in [2.24, 2.45) is 5.41 Å². The fourth-order valence-corrected chi connectivity index (χ4v) is 4.52. The second-order valence-corrected chi connectivity index (χ2v) is 8.07. The topological polar surface area (TPSA) is 84.2 Å². The van der Waals surface area contributed by atoms with Gasteiger partial charge in [0.25, 0.3) is 0 Å². The zero-order valence-electron chi connectivity index (χ0n) is 15.0. The fourth-order valence-electron chi connectivity index (χ4n) is 3.89. The Morgan fingerprint density at radius 3 is 2.63 bits per heavy atom. The summed E-state index contributed by atoms with van der Waals surface area (Å²) in [7, 11) is 0. The molecule has 2 amide bonds. The van der Waals surface area contributed by atoms with Crippen molar-refractivity contribution in [1.82, 2.24) is 30.0 Å². The molecule has 2 aromatic heterocycles. The lowest BCUT2D eigenvalue weighted by molar-refractivity contribution is -0.132. The van der Waals surface area contributed by atoms with Gasteiger partial charge in [-0.05, 0) is 63.6 Å². The van der Waals surface area contributed by atoms with Gasteiger partial charge in [-0.2, -0.15) is 11.3 Å². The second kappa shape index (κ2) is 7.59. The van der Waals surface area contributed by atoms with E-state index >= 15 is 0 Å². The number of piperidine rings is 1. The smallest absolute Gasteiger partial charge is 0.246 e. The minimum atomic E-state index is 0.0522. The fraction of sp³-hybridized carbons (Fsp3) is 0.500. The zero-order valence-corrected chi connectivity index (χ0v) is 15.8. The number of rotatable bonds is 4. The Morgan fingerprint density at radius 2 is 1.96 bits per heavy atom. The average molecular weight is 386 g/mol. The van der Waals surface area contributed by atoms with E-state index in [4.69, 9.17) is 0 Å². The number of tetrazole rings is 1. The summed E-state index contributed by atoms with van der Waals surface area (Å²) < 4.78 is 1.45. The van der Waals surface area contributed by atoms with Gasteiger partial charge in [0.15, 0.2) is 0 Å². The van der Waals surface area contributed by atoms with Gasteiger partial charge >= 0.3 is 0 Å². The van der Waals surface area contributed by atoms with Crippen molar-refractivity contribution < 1.29 is 9.59 Å². The predicted octanol–water partition coefficient (Wildman–Crippen LogP) is 1.29. The molecule has 2 aliphatic rings. The molecule has 8 nitrogen and oxygen atoms in total. The van der Waals surface area contributed by atoms with Crippen molar-refractivity contribution >= 4 is 29.2 Å². The van der Waals surface area contributed by atoms with Crippen LogP contribution in [0.2, 0.25) is 0 Å². The van der Waals surface area contributed by atoms with Gasteiger partial charge < -0.3 is 9.80 Å². The molecule has 2 aromatic rings. The van der Waals surface area contributed by atoms with Gasteiger partial charge in [0.1, 0.15) is 12.9 Å². The predicted molar refractivity (Wildman–Crippen MR) is 101 cm³/mol. The van der Waals surface area contributed by atoms with Crippen LogP contribution in [0.5, 0.6) is 0 Å². The third kappa shape index (κ3) is 4.08. The van der Waals surface area contributed by atoms with Gasteiger partial charge in [0.2, 0.25) is 11.8 Å². The first-order chi connectivity index (χ1) is 13.1. The molecule has 0 aromatic carbocycles. The van der Waals surface area contributed by atoms with Gasteiger partial charge in [-0.3, -0.25) is 9.59 Å². The quantitative estimate of drug-likeness (QED) is 0.740.